The fourth-order valence-electron chi connectivity index (χ4n) is 4.12. The highest BCUT2D eigenvalue weighted by Gasteiger charge is 2.18. The van der Waals surface area contributed by atoms with Gasteiger partial charge in [-0.1, -0.05) is 30.3 Å². The average molecular weight is 434 g/mol. The maximum atomic E-state index is 12.4. The largest absolute Gasteiger partial charge is 0.497 e. The summed E-state index contributed by atoms with van der Waals surface area (Å²) in [4.78, 5) is 14.9. The predicted octanol–water partition coefficient (Wildman–Crippen LogP) is 2.75. The summed E-state index contributed by atoms with van der Waals surface area (Å²) in [6.07, 6.45) is 3.86. The SMILES string of the molecule is COc1ccc(C(=O)NCCc2nnc3n2CCN(CCCc2ccccc2)CC3)cc1. The Bertz CT molecular complexity index is 1000. The summed E-state index contributed by atoms with van der Waals surface area (Å²) in [5.74, 6) is 2.64. The zero-order valence-corrected chi connectivity index (χ0v) is 18.7. The number of aryl methyl sites for hydroxylation is 1. The van der Waals surface area contributed by atoms with Gasteiger partial charge in [0.05, 0.1) is 7.11 Å². The molecule has 0 atom stereocenters. The summed E-state index contributed by atoms with van der Waals surface area (Å²) in [6.45, 7) is 4.55. The third kappa shape index (κ3) is 5.73. The normalized spacial score (nSPS) is 13.9. The van der Waals surface area contributed by atoms with E-state index in [4.69, 9.17) is 4.74 Å². The zero-order valence-electron chi connectivity index (χ0n) is 18.7. The molecule has 168 valence electrons. The molecule has 32 heavy (non-hydrogen) atoms. The highest BCUT2D eigenvalue weighted by molar-refractivity contribution is 5.94. The number of hydrogen-bond donors (Lipinski definition) is 1. The van der Waals surface area contributed by atoms with E-state index in [1.54, 1.807) is 31.4 Å². The number of benzene rings is 2. The van der Waals surface area contributed by atoms with E-state index in [1.165, 1.54) is 5.56 Å². The molecule has 0 fully saturated rings. The average Bonchev–Trinajstić information content (AvgIpc) is 3.10. The summed E-state index contributed by atoms with van der Waals surface area (Å²) in [5.41, 5.74) is 2.02. The molecular weight excluding hydrogens is 402 g/mol. The lowest BCUT2D eigenvalue weighted by molar-refractivity contribution is 0.0954. The Balaban J connectivity index is 1.23. The number of amides is 1. The first-order chi connectivity index (χ1) is 15.7. The molecule has 0 radical (unpaired) electrons. The minimum Gasteiger partial charge on any atom is -0.497 e. The fraction of sp³-hybridized carbons (Fsp3) is 0.400. The number of carbonyl (C=O) groups excluding carboxylic acids is 1. The molecule has 0 bridgehead atoms. The number of nitrogens with zero attached hydrogens (tertiary/aromatic N) is 4. The minimum absolute atomic E-state index is 0.0900. The first kappa shape index (κ1) is 22.0. The van der Waals surface area contributed by atoms with Crippen LogP contribution in [0.3, 0.4) is 0 Å². The highest BCUT2D eigenvalue weighted by Crippen LogP contribution is 2.13. The third-order valence-corrected chi connectivity index (χ3v) is 5.96. The van der Waals surface area contributed by atoms with Crippen molar-refractivity contribution < 1.29 is 9.53 Å². The van der Waals surface area contributed by atoms with Gasteiger partial charge in [0, 0.05) is 44.6 Å². The zero-order chi connectivity index (χ0) is 22.2. The van der Waals surface area contributed by atoms with Gasteiger partial charge in [-0.25, -0.2) is 0 Å². The van der Waals surface area contributed by atoms with Crippen LogP contribution in [0, 0.1) is 0 Å². The van der Waals surface area contributed by atoms with Gasteiger partial charge in [0.1, 0.15) is 17.4 Å². The van der Waals surface area contributed by atoms with Gasteiger partial charge in [-0.15, -0.1) is 10.2 Å². The predicted molar refractivity (Wildman–Crippen MR) is 124 cm³/mol. The summed E-state index contributed by atoms with van der Waals surface area (Å²) in [7, 11) is 1.61. The molecule has 0 saturated heterocycles. The number of hydrogen-bond acceptors (Lipinski definition) is 5. The van der Waals surface area contributed by atoms with Crippen LogP contribution in [0.2, 0.25) is 0 Å². The van der Waals surface area contributed by atoms with Crippen LogP contribution in [-0.4, -0.2) is 58.9 Å². The molecule has 1 aromatic heterocycles. The first-order valence-electron chi connectivity index (χ1n) is 11.3. The van der Waals surface area contributed by atoms with Crippen molar-refractivity contribution in [1.29, 1.82) is 0 Å². The lowest BCUT2D eigenvalue weighted by atomic mass is 10.1. The summed E-state index contributed by atoms with van der Waals surface area (Å²) >= 11 is 0. The summed E-state index contributed by atoms with van der Waals surface area (Å²) in [5, 5.41) is 11.8. The van der Waals surface area contributed by atoms with Gasteiger partial charge in [-0.2, -0.15) is 0 Å². The molecule has 1 aliphatic rings. The van der Waals surface area contributed by atoms with Crippen LogP contribution in [0.25, 0.3) is 0 Å². The van der Waals surface area contributed by atoms with E-state index in [0.29, 0.717) is 18.5 Å². The number of nitrogens with one attached hydrogen (secondary N) is 1. The van der Waals surface area contributed by atoms with E-state index in [1.807, 2.05) is 0 Å². The summed E-state index contributed by atoms with van der Waals surface area (Å²) in [6, 6.07) is 17.8. The van der Waals surface area contributed by atoms with Crippen molar-refractivity contribution >= 4 is 5.91 Å². The Hall–Kier alpha value is -3.19. The van der Waals surface area contributed by atoms with E-state index in [2.05, 4.69) is 55.3 Å². The van der Waals surface area contributed by atoms with Crippen molar-refractivity contribution in [2.24, 2.45) is 0 Å². The minimum atomic E-state index is -0.0900. The molecule has 0 spiro atoms. The Morgan fingerprint density at radius 1 is 1.00 bits per heavy atom. The molecule has 7 heteroatoms. The van der Waals surface area contributed by atoms with E-state index >= 15 is 0 Å². The van der Waals surface area contributed by atoms with Gasteiger partial charge in [0.25, 0.3) is 5.91 Å². The third-order valence-electron chi connectivity index (χ3n) is 5.96. The molecule has 0 unspecified atom stereocenters. The van der Waals surface area contributed by atoms with Crippen molar-refractivity contribution in [2.75, 3.05) is 33.3 Å². The Labute approximate surface area is 189 Å². The van der Waals surface area contributed by atoms with Crippen LogP contribution in [0.1, 0.15) is 34.0 Å². The second kappa shape index (κ2) is 10.9. The maximum Gasteiger partial charge on any atom is 0.251 e. The number of rotatable bonds is 9. The Kier molecular flexibility index (Phi) is 7.51. The van der Waals surface area contributed by atoms with Gasteiger partial charge in [0.2, 0.25) is 0 Å². The second-order valence-electron chi connectivity index (χ2n) is 8.10. The van der Waals surface area contributed by atoms with Crippen LogP contribution in [0.4, 0.5) is 0 Å². The number of methoxy groups -OCH3 is 1. The molecule has 0 saturated carbocycles. The van der Waals surface area contributed by atoms with Crippen LogP contribution in [-0.2, 0) is 25.8 Å². The van der Waals surface area contributed by atoms with Crippen molar-refractivity contribution in [1.82, 2.24) is 25.0 Å². The van der Waals surface area contributed by atoms with Crippen molar-refractivity contribution in [3.05, 3.63) is 77.4 Å². The second-order valence-corrected chi connectivity index (χ2v) is 8.10. The molecule has 4 rings (SSSR count). The summed E-state index contributed by atoms with van der Waals surface area (Å²) < 4.78 is 7.37. The Morgan fingerprint density at radius 3 is 2.59 bits per heavy atom. The Morgan fingerprint density at radius 2 is 1.81 bits per heavy atom. The smallest absolute Gasteiger partial charge is 0.251 e. The molecule has 1 amide bonds. The molecule has 3 aromatic rings. The van der Waals surface area contributed by atoms with Crippen LogP contribution < -0.4 is 10.1 Å². The van der Waals surface area contributed by atoms with Crippen LogP contribution in [0.15, 0.2) is 54.6 Å². The van der Waals surface area contributed by atoms with Gasteiger partial charge in [-0.05, 0) is 49.2 Å². The van der Waals surface area contributed by atoms with Crippen molar-refractivity contribution in [3.8, 4) is 5.75 Å². The number of fused-ring (bicyclic) bond motifs is 1. The number of ether oxygens (including phenoxy) is 1. The van der Waals surface area contributed by atoms with E-state index in [9.17, 15) is 4.79 Å². The van der Waals surface area contributed by atoms with E-state index in [-0.39, 0.29) is 5.91 Å². The monoisotopic (exact) mass is 433 g/mol. The van der Waals surface area contributed by atoms with E-state index < -0.39 is 0 Å². The van der Waals surface area contributed by atoms with E-state index in [0.717, 1.165) is 62.8 Å². The molecule has 0 aliphatic carbocycles. The van der Waals surface area contributed by atoms with Gasteiger partial charge < -0.3 is 19.5 Å². The van der Waals surface area contributed by atoms with Gasteiger partial charge in [-0.3, -0.25) is 4.79 Å². The number of aromatic nitrogens is 3. The number of carbonyl (C=O) groups is 1. The molecule has 2 aromatic carbocycles. The molecule has 2 heterocycles. The van der Waals surface area contributed by atoms with Crippen LogP contribution >= 0.6 is 0 Å². The van der Waals surface area contributed by atoms with Crippen LogP contribution in [0.5, 0.6) is 5.75 Å². The molecule has 1 N–H and O–H groups in total. The quantitative estimate of drug-likeness (QED) is 0.562. The van der Waals surface area contributed by atoms with Crippen molar-refractivity contribution in [3.63, 3.8) is 0 Å². The molecule has 1 aliphatic heterocycles. The van der Waals surface area contributed by atoms with Crippen molar-refractivity contribution in [2.45, 2.75) is 32.2 Å². The van der Waals surface area contributed by atoms with Gasteiger partial charge >= 0.3 is 0 Å². The lowest BCUT2D eigenvalue weighted by Crippen LogP contribution is -2.29. The van der Waals surface area contributed by atoms with Gasteiger partial charge in [0.15, 0.2) is 0 Å². The topological polar surface area (TPSA) is 72.3 Å². The maximum absolute atomic E-state index is 12.4. The molecule has 7 nitrogen and oxygen atoms in total. The standard InChI is InChI=1S/C25H31N5O2/c1-32-22-11-9-21(10-12-22)25(31)26-15-13-23-27-28-24-14-17-29(18-19-30(23)24)16-5-8-20-6-3-2-4-7-20/h2-4,6-7,9-12H,5,8,13-19H2,1H3,(H,26,31). The molecular formula is C25H31N5O2. The first-order valence-corrected chi connectivity index (χ1v) is 11.3. The highest BCUT2D eigenvalue weighted by atomic mass is 16.5. The lowest BCUT2D eigenvalue weighted by Gasteiger charge is -2.19. The fourth-order valence-corrected chi connectivity index (χ4v) is 4.12.